The zero-order chi connectivity index (χ0) is 11.4. The standard InChI is InChI=1S/C13H18O/c1-12(2,3)10-8-7-9-11(14)13(4,5)6/h1-6H3. The molecule has 0 rings (SSSR count). The van der Waals surface area contributed by atoms with Crippen LogP contribution in [-0.4, -0.2) is 5.78 Å². The van der Waals surface area contributed by atoms with Gasteiger partial charge in [0.2, 0.25) is 5.78 Å². The first-order valence-electron chi connectivity index (χ1n) is 4.70. The van der Waals surface area contributed by atoms with E-state index in [9.17, 15) is 4.79 Å². The summed E-state index contributed by atoms with van der Waals surface area (Å²) in [6.45, 7) is 11.6. The van der Waals surface area contributed by atoms with Gasteiger partial charge in [0.05, 0.1) is 0 Å². The van der Waals surface area contributed by atoms with Crippen LogP contribution < -0.4 is 0 Å². The lowest BCUT2D eigenvalue weighted by molar-refractivity contribution is -0.120. The topological polar surface area (TPSA) is 17.1 Å². The van der Waals surface area contributed by atoms with Gasteiger partial charge in [-0.25, -0.2) is 0 Å². The number of carbonyl (C=O) groups is 1. The van der Waals surface area contributed by atoms with Crippen LogP contribution in [0.3, 0.4) is 0 Å². The Hall–Kier alpha value is -1.21. The third-order valence-corrected chi connectivity index (χ3v) is 1.36. The van der Waals surface area contributed by atoms with E-state index in [1.165, 1.54) is 0 Å². The lowest BCUT2D eigenvalue weighted by Gasteiger charge is -2.10. The highest BCUT2D eigenvalue weighted by Crippen LogP contribution is 2.13. The largest absolute Gasteiger partial charge is 0.284 e. The van der Waals surface area contributed by atoms with Crippen molar-refractivity contribution in [3.63, 3.8) is 0 Å². The van der Waals surface area contributed by atoms with Crippen LogP contribution in [0.2, 0.25) is 0 Å². The highest BCUT2D eigenvalue weighted by molar-refractivity contribution is 5.99. The summed E-state index contributed by atoms with van der Waals surface area (Å²) in [5, 5.41) is 0. The fourth-order valence-electron chi connectivity index (χ4n) is 0.494. The summed E-state index contributed by atoms with van der Waals surface area (Å²) >= 11 is 0. The molecule has 1 heteroatoms. The molecule has 0 saturated heterocycles. The number of Topliss-reactive ketones (excluding diaryl/α,β-unsaturated/α-hetero) is 1. The van der Waals surface area contributed by atoms with Crippen molar-refractivity contribution in [2.45, 2.75) is 41.5 Å². The fraction of sp³-hybridized carbons (Fsp3) is 0.615. The van der Waals surface area contributed by atoms with Crippen molar-refractivity contribution in [1.82, 2.24) is 0 Å². The second-order valence-corrected chi connectivity index (χ2v) is 5.33. The second kappa shape index (κ2) is 4.34. The molecule has 0 fully saturated rings. The number of rotatable bonds is 0. The van der Waals surface area contributed by atoms with Crippen LogP contribution in [0.5, 0.6) is 0 Å². The van der Waals surface area contributed by atoms with Crippen molar-refractivity contribution in [2.24, 2.45) is 10.8 Å². The summed E-state index contributed by atoms with van der Waals surface area (Å²) in [4.78, 5) is 11.3. The molecule has 0 radical (unpaired) electrons. The Labute approximate surface area is 87.3 Å². The fourth-order valence-corrected chi connectivity index (χ4v) is 0.494. The first kappa shape index (κ1) is 12.8. The molecule has 14 heavy (non-hydrogen) atoms. The monoisotopic (exact) mass is 190 g/mol. The molecule has 1 nitrogen and oxygen atoms in total. The van der Waals surface area contributed by atoms with Crippen LogP contribution in [0.1, 0.15) is 41.5 Å². The van der Waals surface area contributed by atoms with Gasteiger partial charge in [0.1, 0.15) is 0 Å². The highest BCUT2D eigenvalue weighted by atomic mass is 16.1. The van der Waals surface area contributed by atoms with Crippen molar-refractivity contribution < 1.29 is 4.79 Å². The quantitative estimate of drug-likeness (QED) is 0.424. The predicted molar refractivity (Wildman–Crippen MR) is 59.5 cm³/mol. The average molecular weight is 190 g/mol. The molecule has 0 atom stereocenters. The van der Waals surface area contributed by atoms with Gasteiger partial charge in [-0.15, -0.1) is 0 Å². The van der Waals surface area contributed by atoms with Gasteiger partial charge in [-0.2, -0.15) is 0 Å². The number of hydrogen-bond donors (Lipinski definition) is 0. The van der Waals surface area contributed by atoms with E-state index in [0.717, 1.165) is 0 Å². The van der Waals surface area contributed by atoms with E-state index in [-0.39, 0.29) is 11.2 Å². The molecule has 0 N–H and O–H groups in total. The first-order valence-corrected chi connectivity index (χ1v) is 4.70. The Kier molecular flexibility index (Phi) is 3.96. The molecule has 0 aromatic heterocycles. The summed E-state index contributed by atoms with van der Waals surface area (Å²) < 4.78 is 0. The molecule has 0 aromatic carbocycles. The molecule has 0 heterocycles. The van der Waals surface area contributed by atoms with Crippen LogP contribution in [0.15, 0.2) is 0 Å². The van der Waals surface area contributed by atoms with Crippen molar-refractivity contribution in [2.75, 3.05) is 0 Å². The Morgan fingerprint density at radius 2 is 1.43 bits per heavy atom. The molecule has 0 aromatic rings. The smallest absolute Gasteiger partial charge is 0.211 e. The van der Waals surface area contributed by atoms with Gasteiger partial charge >= 0.3 is 0 Å². The number of carbonyl (C=O) groups excluding carboxylic acids is 1. The molecule has 0 aliphatic rings. The van der Waals surface area contributed by atoms with Crippen molar-refractivity contribution in [1.29, 1.82) is 0 Å². The zero-order valence-corrected chi connectivity index (χ0v) is 9.91. The van der Waals surface area contributed by atoms with Gasteiger partial charge in [0.25, 0.3) is 0 Å². The van der Waals surface area contributed by atoms with Gasteiger partial charge in [-0.1, -0.05) is 26.7 Å². The molecule has 0 aliphatic carbocycles. The molecule has 0 aliphatic heterocycles. The molecule has 0 amide bonds. The second-order valence-electron chi connectivity index (χ2n) is 5.33. The molecular formula is C13H18O. The van der Waals surface area contributed by atoms with Crippen LogP contribution >= 0.6 is 0 Å². The van der Waals surface area contributed by atoms with E-state index < -0.39 is 5.41 Å². The van der Waals surface area contributed by atoms with Gasteiger partial charge in [0.15, 0.2) is 0 Å². The van der Waals surface area contributed by atoms with E-state index in [4.69, 9.17) is 0 Å². The van der Waals surface area contributed by atoms with Crippen molar-refractivity contribution in [3.05, 3.63) is 0 Å². The average Bonchev–Trinajstić information content (AvgIpc) is 1.93. The maximum Gasteiger partial charge on any atom is 0.211 e. The minimum atomic E-state index is -0.392. The van der Waals surface area contributed by atoms with E-state index in [2.05, 4.69) is 23.7 Å². The summed E-state index contributed by atoms with van der Waals surface area (Å²) in [5.74, 6) is 10.7. The first-order chi connectivity index (χ1) is 6.13. The maximum atomic E-state index is 11.3. The van der Waals surface area contributed by atoms with Crippen molar-refractivity contribution in [3.8, 4) is 23.7 Å². The van der Waals surface area contributed by atoms with Crippen LogP contribution in [-0.2, 0) is 4.79 Å². The van der Waals surface area contributed by atoms with Crippen molar-refractivity contribution >= 4 is 5.78 Å². The van der Waals surface area contributed by atoms with Crippen LogP contribution in [0.25, 0.3) is 0 Å². The Morgan fingerprint density at radius 3 is 1.79 bits per heavy atom. The van der Waals surface area contributed by atoms with Gasteiger partial charge in [-0.05, 0) is 38.5 Å². The normalized spacial score (nSPS) is 10.7. The predicted octanol–water partition coefficient (Wildman–Crippen LogP) is 2.65. The Balaban J connectivity index is 4.48. The summed E-state index contributed by atoms with van der Waals surface area (Å²) in [5.41, 5.74) is -0.449. The summed E-state index contributed by atoms with van der Waals surface area (Å²) in [6, 6.07) is 0. The van der Waals surface area contributed by atoms with E-state index in [1.807, 2.05) is 41.5 Å². The molecule has 76 valence electrons. The molecule has 0 bridgehead atoms. The Bertz CT molecular complexity index is 326. The Morgan fingerprint density at radius 1 is 0.929 bits per heavy atom. The number of hydrogen-bond acceptors (Lipinski definition) is 1. The third-order valence-electron chi connectivity index (χ3n) is 1.36. The molecular weight excluding hydrogens is 172 g/mol. The van der Waals surface area contributed by atoms with E-state index in [0.29, 0.717) is 0 Å². The summed E-state index contributed by atoms with van der Waals surface area (Å²) in [6.07, 6.45) is 0. The van der Waals surface area contributed by atoms with Gasteiger partial charge < -0.3 is 0 Å². The minimum absolute atomic E-state index is 0.0561. The van der Waals surface area contributed by atoms with Gasteiger partial charge in [-0.3, -0.25) is 4.79 Å². The van der Waals surface area contributed by atoms with Crippen LogP contribution in [0, 0.1) is 34.5 Å². The zero-order valence-electron chi connectivity index (χ0n) is 9.91. The van der Waals surface area contributed by atoms with Crippen LogP contribution in [0.4, 0.5) is 0 Å². The van der Waals surface area contributed by atoms with Gasteiger partial charge in [0, 0.05) is 10.8 Å². The summed E-state index contributed by atoms with van der Waals surface area (Å²) in [7, 11) is 0. The molecule has 0 unspecified atom stereocenters. The minimum Gasteiger partial charge on any atom is -0.284 e. The lowest BCUT2D eigenvalue weighted by atomic mass is 9.91. The SMILES string of the molecule is CC(C)(C)C#CC#CC(=O)C(C)(C)C. The third kappa shape index (κ3) is 6.32. The lowest BCUT2D eigenvalue weighted by Crippen LogP contribution is -2.17. The van der Waals surface area contributed by atoms with E-state index in [1.54, 1.807) is 0 Å². The maximum absolute atomic E-state index is 11.3. The highest BCUT2D eigenvalue weighted by Gasteiger charge is 2.18. The molecule has 0 spiro atoms. The molecule has 0 saturated carbocycles. The number of ketones is 1. The van der Waals surface area contributed by atoms with E-state index >= 15 is 0 Å².